The van der Waals surface area contributed by atoms with E-state index in [0.717, 1.165) is 0 Å². The van der Waals surface area contributed by atoms with E-state index in [2.05, 4.69) is 10.1 Å². The van der Waals surface area contributed by atoms with E-state index in [9.17, 15) is 9.59 Å². The third-order valence-electron chi connectivity index (χ3n) is 3.37. The highest BCUT2D eigenvalue weighted by Crippen LogP contribution is 2.28. The fourth-order valence-corrected chi connectivity index (χ4v) is 2.20. The second kappa shape index (κ2) is 8.73. The summed E-state index contributed by atoms with van der Waals surface area (Å²) in [6.45, 7) is 4.73. The number of hydrogen-bond donors (Lipinski definition) is 1. The van der Waals surface area contributed by atoms with Crippen LogP contribution in [-0.2, 0) is 4.74 Å². The van der Waals surface area contributed by atoms with Gasteiger partial charge in [-0.05, 0) is 56.3 Å². The lowest BCUT2D eigenvalue weighted by Gasteiger charge is -2.12. The van der Waals surface area contributed by atoms with E-state index in [1.807, 2.05) is 13.8 Å². The molecule has 132 valence electrons. The van der Waals surface area contributed by atoms with Crippen molar-refractivity contribution in [2.24, 2.45) is 0 Å². The molecule has 2 aromatic rings. The van der Waals surface area contributed by atoms with E-state index < -0.39 is 5.97 Å². The minimum atomic E-state index is -0.425. The number of amides is 1. The Kier molecular flexibility index (Phi) is 6.39. The summed E-state index contributed by atoms with van der Waals surface area (Å²) >= 11 is 0. The number of methoxy groups -OCH3 is 1. The zero-order chi connectivity index (χ0) is 18.2. The minimum absolute atomic E-state index is 0.283. The average molecular weight is 343 g/mol. The molecular weight excluding hydrogens is 322 g/mol. The van der Waals surface area contributed by atoms with Crippen molar-refractivity contribution in [3.05, 3.63) is 53.6 Å². The highest BCUT2D eigenvalue weighted by molar-refractivity contribution is 6.04. The molecule has 6 nitrogen and oxygen atoms in total. The summed E-state index contributed by atoms with van der Waals surface area (Å²) in [4.78, 5) is 23.8. The van der Waals surface area contributed by atoms with Gasteiger partial charge in [0.25, 0.3) is 5.91 Å². The summed E-state index contributed by atoms with van der Waals surface area (Å²) in [5.41, 5.74) is 1.44. The molecule has 0 saturated carbocycles. The first-order valence-corrected chi connectivity index (χ1v) is 7.98. The molecule has 1 amide bonds. The Labute approximate surface area is 146 Å². The van der Waals surface area contributed by atoms with Gasteiger partial charge in [0.1, 0.15) is 0 Å². The maximum Gasteiger partial charge on any atom is 0.337 e. The van der Waals surface area contributed by atoms with Gasteiger partial charge in [-0.3, -0.25) is 4.79 Å². The van der Waals surface area contributed by atoms with Gasteiger partial charge in [-0.25, -0.2) is 4.79 Å². The van der Waals surface area contributed by atoms with Gasteiger partial charge in [-0.2, -0.15) is 0 Å². The molecular formula is C19H21NO5. The SMILES string of the molecule is CCOc1ccc(C(=O)Nc2ccc(C(=O)OC)cc2)cc1OCC. The van der Waals surface area contributed by atoms with Crippen LogP contribution in [0.3, 0.4) is 0 Å². The van der Waals surface area contributed by atoms with E-state index in [1.165, 1.54) is 7.11 Å². The monoisotopic (exact) mass is 343 g/mol. The van der Waals surface area contributed by atoms with Crippen molar-refractivity contribution >= 4 is 17.6 Å². The van der Waals surface area contributed by atoms with Crippen LogP contribution in [0.1, 0.15) is 34.6 Å². The van der Waals surface area contributed by atoms with Crippen LogP contribution in [0.2, 0.25) is 0 Å². The van der Waals surface area contributed by atoms with Crippen LogP contribution in [0, 0.1) is 0 Å². The van der Waals surface area contributed by atoms with E-state index in [4.69, 9.17) is 9.47 Å². The normalized spacial score (nSPS) is 10.0. The molecule has 2 rings (SSSR count). The van der Waals surface area contributed by atoms with E-state index in [0.29, 0.717) is 41.5 Å². The van der Waals surface area contributed by atoms with Crippen LogP contribution in [0.5, 0.6) is 11.5 Å². The van der Waals surface area contributed by atoms with Crippen LogP contribution < -0.4 is 14.8 Å². The largest absolute Gasteiger partial charge is 0.490 e. The Morgan fingerprint density at radius 3 is 2.08 bits per heavy atom. The highest BCUT2D eigenvalue weighted by atomic mass is 16.5. The third kappa shape index (κ3) is 4.73. The van der Waals surface area contributed by atoms with Crippen molar-refractivity contribution in [1.82, 2.24) is 0 Å². The number of nitrogens with one attached hydrogen (secondary N) is 1. The van der Waals surface area contributed by atoms with Crippen molar-refractivity contribution in [3.8, 4) is 11.5 Å². The molecule has 0 aromatic heterocycles. The standard InChI is InChI=1S/C19H21NO5/c1-4-24-16-11-8-14(12-17(16)25-5-2)18(21)20-15-9-6-13(7-10-15)19(22)23-3/h6-12H,4-5H2,1-3H3,(H,20,21). The fourth-order valence-electron chi connectivity index (χ4n) is 2.20. The van der Waals surface area contributed by atoms with Crippen LogP contribution in [0.15, 0.2) is 42.5 Å². The molecule has 0 heterocycles. The second-order valence-corrected chi connectivity index (χ2v) is 5.05. The first-order chi connectivity index (χ1) is 12.1. The number of hydrogen-bond acceptors (Lipinski definition) is 5. The number of ether oxygens (including phenoxy) is 3. The highest BCUT2D eigenvalue weighted by Gasteiger charge is 2.12. The van der Waals surface area contributed by atoms with Gasteiger partial charge in [0.05, 0.1) is 25.9 Å². The maximum atomic E-state index is 12.4. The zero-order valence-electron chi connectivity index (χ0n) is 14.5. The van der Waals surface area contributed by atoms with Crippen LogP contribution >= 0.6 is 0 Å². The molecule has 0 radical (unpaired) electrons. The Morgan fingerprint density at radius 1 is 0.880 bits per heavy atom. The van der Waals surface area contributed by atoms with Crippen LogP contribution in [0.4, 0.5) is 5.69 Å². The molecule has 1 N–H and O–H groups in total. The number of anilines is 1. The van der Waals surface area contributed by atoms with Gasteiger partial charge >= 0.3 is 5.97 Å². The quantitative estimate of drug-likeness (QED) is 0.779. The summed E-state index contributed by atoms with van der Waals surface area (Å²) in [5.74, 6) is 0.418. The van der Waals surface area contributed by atoms with E-state index >= 15 is 0 Å². The van der Waals surface area contributed by atoms with E-state index in [-0.39, 0.29) is 5.91 Å². The molecule has 6 heteroatoms. The number of rotatable bonds is 7. The molecule has 0 unspecified atom stereocenters. The molecule has 0 aliphatic rings. The number of carbonyl (C=O) groups excluding carboxylic acids is 2. The van der Waals surface area contributed by atoms with Crippen molar-refractivity contribution in [1.29, 1.82) is 0 Å². The predicted octanol–water partition coefficient (Wildman–Crippen LogP) is 3.52. The Balaban J connectivity index is 2.14. The van der Waals surface area contributed by atoms with Crippen molar-refractivity contribution < 1.29 is 23.8 Å². The lowest BCUT2D eigenvalue weighted by molar-refractivity contribution is 0.0600. The topological polar surface area (TPSA) is 73.9 Å². The smallest absolute Gasteiger partial charge is 0.337 e. The number of benzene rings is 2. The van der Waals surface area contributed by atoms with Crippen molar-refractivity contribution in [3.63, 3.8) is 0 Å². The number of carbonyl (C=O) groups is 2. The molecule has 0 spiro atoms. The summed E-state index contributed by atoms with van der Waals surface area (Å²) in [6.07, 6.45) is 0. The lowest BCUT2D eigenvalue weighted by atomic mass is 10.1. The van der Waals surface area contributed by atoms with Gasteiger partial charge in [0.2, 0.25) is 0 Å². The third-order valence-corrected chi connectivity index (χ3v) is 3.37. The van der Waals surface area contributed by atoms with Gasteiger partial charge in [-0.15, -0.1) is 0 Å². The van der Waals surface area contributed by atoms with E-state index in [1.54, 1.807) is 42.5 Å². The van der Waals surface area contributed by atoms with Gasteiger partial charge < -0.3 is 19.5 Å². The summed E-state index contributed by atoms with van der Waals surface area (Å²) < 4.78 is 15.7. The Hall–Kier alpha value is -3.02. The average Bonchev–Trinajstić information content (AvgIpc) is 2.63. The Morgan fingerprint density at radius 2 is 1.48 bits per heavy atom. The minimum Gasteiger partial charge on any atom is -0.490 e. The van der Waals surface area contributed by atoms with Crippen LogP contribution in [-0.4, -0.2) is 32.2 Å². The first-order valence-electron chi connectivity index (χ1n) is 7.98. The Bertz CT molecular complexity index is 740. The summed E-state index contributed by atoms with van der Waals surface area (Å²) in [5, 5.41) is 2.78. The number of esters is 1. The molecule has 2 aromatic carbocycles. The molecule has 25 heavy (non-hydrogen) atoms. The fraction of sp³-hybridized carbons (Fsp3) is 0.263. The zero-order valence-corrected chi connectivity index (χ0v) is 14.5. The molecule has 0 atom stereocenters. The lowest BCUT2D eigenvalue weighted by Crippen LogP contribution is -2.12. The molecule has 0 saturated heterocycles. The van der Waals surface area contributed by atoms with Gasteiger partial charge in [0, 0.05) is 11.3 Å². The first kappa shape index (κ1) is 18.3. The summed E-state index contributed by atoms with van der Waals surface area (Å²) in [6, 6.07) is 11.5. The molecule has 0 aliphatic carbocycles. The van der Waals surface area contributed by atoms with Crippen LogP contribution in [0.25, 0.3) is 0 Å². The molecule has 0 aliphatic heterocycles. The predicted molar refractivity (Wildman–Crippen MR) is 94.5 cm³/mol. The van der Waals surface area contributed by atoms with Gasteiger partial charge in [-0.1, -0.05) is 0 Å². The second-order valence-electron chi connectivity index (χ2n) is 5.05. The van der Waals surface area contributed by atoms with Crippen molar-refractivity contribution in [2.45, 2.75) is 13.8 Å². The molecule has 0 fully saturated rings. The summed E-state index contributed by atoms with van der Waals surface area (Å²) in [7, 11) is 1.32. The van der Waals surface area contributed by atoms with Gasteiger partial charge in [0.15, 0.2) is 11.5 Å². The maximum absolute atomic E-state index is 12.4. The molecule has 0 bridgehead atoms. The van der Waals surface area contributed by atoms with Crippen molar-refractivity contribution in [2.75, 3.05) is 25.6 Å².